The number of benzene rings is 1. The fraction of sp³-hybridized carbons (Fsp3) is 0.292. The van der Waals surface area contributed by atoms with E-state index in [9.17, 15) is 14.7 Å². The second kappa shape index (κ2) is 12.5. The Hall–Kier alpha value is -2.31. The molecule has 1 aliphatic rings. The molecule has 0 spiro atoms. The first-order chi connectivity index (χ1) is 14.6. The van der Waals surface area contributed by atoms with E-state index < -0.39 is 11.9 Å². The molecule has 2 heterocycles. The molecular formula is C24H25N3O3Y-2. The normalized spacial score (nSPS) is 16.9. The monoisotopic (exact) mass is 492 g/mol. The quantitative estimate of drug-likeness (QED) is 0.354. The standard InChI is InChI=1S/C24H25N3O3.Y/c1-2-3-9-23(29)26-21(16-18-10-12-20(28)13-11-18)24(30)27-15-5-4-8-22(27)19-7-6-14-25-17-19;/h1-3,6-7,10-14,17,21-22,28H,4-5,8,15-16H2,(H,26,29);/q-2;/t21-,22+;/m0./s1. The van der Waals surface area contributed by atoms with E-state index >= 15 is 0 Å². The Morgan fingerprint density at radius 3 is 2.74 bits per heavy atom. The summed E-state index contributed by atoms with van der Waals surface area (Å²) in [5, 5.41) is 12.3. The molecule has 2 N–H and O–H groups in total. The van der Waals surface area contributed by atoms with Gasteiger partial charge in [-0.3, -0.25) is 20.6 Å². The number of nitrogens with zero attached hydrogens (tertiary/aromatic N) is 2. The molecule has 1 aliphatic heterocycles. The van der Waals surface area contributed by atoms with Crippen molar-refractivity contribution in [3.8, 4) is 5.75 Å². The van der Waals surface area contributed by atoms with Crippen LogP contribution in [0.5, 0.6) is 5.75 Å². The number of amides is 2. The summed E-state index contributed by atoms with van der Waals surface area (Å²) in [5.74, 6) is -0.514. The molecule has 1 saturated heterocycles. The molecule has 0 saturated carbocycles. The second-order valence-corrected chi connectivity index (χ2v) is 7.23. The van der Waals surface area contributed by atoms with E-state index in [-0.39, 0.29) is 50.4 Å². The third-order valence-corrected chi connectivity index (χ3v) is 5.15. The van der Waals surface area contributed by atoms with E-state index in [2.05, 4.69) is 16.4 Å². The van der Waals surface area contributed by atoms with Crippen LogP contribution in [0.3, 0.4) is 0 Å². The van der Waals surface area contributed by atoms with Gasteiger partial charge in [0.1, 0.15) is 17.7 Å². The molecule has 2 aromatic rings. The number of phenols is 1. The zero-order chi connectivity index (χ0) is 21.3. The van der Waals surface area contributed by atoms with Gasteiger partial charge in [-0.25, -0.2) is 0 Å². The van der Waals surface area contributed by atoms with Crippen LogP contribution in [0.15, 0.2) is 60.9 Å². The largest absolute Gasteiger partial charge is 0.508 e. The molecule has 1 aromatic heterocycles. The first kappa shape index (κ1) is 25.0. The second-order valence-electron chi connectivity index (χ2n) is 7.23. The summed E-state index contributed by atoms with van der Waals surface area (Å²) in [6, 6.07) is 9.61. The number of pyridine rings is 1. The van der Waals surface area contributed by atoms with Gasteiger partial charge >= 0.3 is 0 Å². The van der Waals surface area contributed by atoms with E-state index in [4.69, 9.17) is 6.58 Å². The molecule has 31 heavy (non-hydrogen) atoms. The number of rotatable bonds is 7. The SMILES string of the molecule is [CH-]=CC=[C-]C(=O)N[C@@H](Cc1ccc(O)cc1)C(=O)N1CCCC[C@@H]1c1cccnc1.[Y]. The fourth-order valence-corrected chi connectivity index (χ4v) is 3.71. The Morgan fingerprint density at radius 1 is 1.29 bits per heavy atom. The van der Waals surface area contributed by atoms with Gasteiger partial charge in [0.2, 0.25) is 5.91 Å². The number of aromatic hydroxyl groups is 1. The van der Waals surface area contributed by atoms with E-state index in [1.807, 2.05) is 17.0 Å². The van der Waals surface area contributed by atoms with Crippen LogP contribution in [-0.4, -0.2) is 39.4 Å². The molecular weight excluding hydrogens is 467 g/mol. The molecule has 0 aliphatic carbocycles. The molecule has 159 valence electrons. The molecule has 1 radical (unpaired) electrons. The van der Waals surface area contributed by atoms with Gasteiger partial charge in [0.05, 0.1) is 6.04 Å². The van der Waals surface area contributed by atoms with Gasteiger partial charge in [-0.15, -0.1) is 0 Å². The van der Waals surface area contributed by atoms with Crippen molar-refractivity contribution >= 4 is 11.8 Å². The van der Waals surface area contributed by atoms with Crippen LogP contribution in [-0.2, 0) is 48.7 Å². The minimum absolute atomic E-state index is 0. The zero-order valence-electron chi connectivity index (χ0n) is 17.3. The van der Waals surface area contributed by atoms with Gasteiger partial charge in [0.15, 0.2) is 0 Å². The van der Waals surface area contributed by atoms with Crippen LogP contribution in [0.25, 0.3) is 0 Å². The number of piperidine rings is 1. The van der Waals surface area contributed by atoms with E-state index in [0.717, 1.165) is 30.4 Å². The van der Waals surface area contributed by atoms with Crippen LogP contribution < -0.4 is 5.32 Å². The van der Waals surface area contributed by atoms with Crippen molar-refractivity contribution in [1.82, 2.24) is 15.2 Å². The van der Waals surface area contributed by atoms with Crippen molar-refractivity contribution in [2.75, 3.05) is 6.54 Å². The molecule has 2 atom stereocenters. The third-order valence-electron chi connectivity index (χ3n) is 5.15. The zero-order valence-corrected chi connectivity index (χ0v) is 20.1. The average molecular weight is 492 g/mol. The third kappa shape index (κ3) is 7.11. The number of allylic oxidation sites excluding steroid dienone is 2. The van der Waals surface area contributed by atoms with Crippen LogP contribution >= 0.6 is 0 Å². The van der Waals surface area contributed by atoms with E-state index in [1.54, 1.807) is 36.7 Å². The molecule has 3 rings (SSSR count). The van der Waals surface area contributed by atoms with Gasteiger partial charge in [-0.1, -0.05) is 18.2 Å². The summed E-state index contributed by atoms with van der Waals surface area (Å²) in [6.07, 6.45) is 11.6. The van der Waals surface area contributed by atoms with Crippen LogP contribution in [0.2, 0.25) is 0 Å². The first-order valence-corrected chi connectivity index (χ1v) is 10.0. The number of carbonyl (C=O) groups excluding carboxylic acids is 2. The van der Waals surface area contributed by atoms with Gasteiger partial charge in [-0.2, -0.15) is 0 Å². The maximum Gasteiger partial charge on any atom is 0.245 e. The summed E-state index contributed by atoms with van der Waals surface area (Å²) in [4.78, 5) is 31.8. The summed E-state index contributed by atoms with van der Waals surface area (Å²) >= 11 is 0. The van der Waals surface area contributed by atoms with Crippen molar-refractivity contribution in [3.05, 3.63) is 84.7 Å². The number of nitrogens with one attached hydrogen (secondary N) is 1. The van der Waals surface area contributed by atoms with Crippen LogP contribution in [0, 0.1) is 12.7 Å². The number of likely N-dealkylation sites (tertiary alicyclic amines) is 1. The number of carbonyl (C=O) groups is 2. The van der Waals surface area contributed by atoms with Crippen LogP contribution in [0.4, 0.5) is 0 Å². The molecule has 2 amide bonds. The molecule has 0 unspecified atom stereocenters. The Morgan fingerprint density at radius 2 is 2.06 bits per heavy atom. The minimum atomic E-state index is -0.766. The van der Waals surface area contributed by atoms with Crippen molar-refractivity contribution in [2.45, 2.75) is 37.8 Å². The smallest absolute Gasteiger partial charge is 0.245 e. The summed E-state index contributed by atoms with van der Waals surface area (Å²) in [6.45, 7) is 5.90. The molecule has 1 fully saturated rings. The minimum Gasteiger partial charge on any atom is -0.508 e. The summed E-state index contributed by atoms with van der Waals surface area (Å²) in [7, 11) is 0. The van der Waals surface area contributed by atoms with Crippen molar-refractivity contribution in [3.63, 3.8) is 0 Å². The predicted molar refractivity (Wildman–Crippen MR) is 113 cm³/mol. The first-order valence-electron chi connectivity index (χ1n) is 10.0. The van der Waals surface area contributed by atoms with Crippen molar-refractivity contribution in [1.29, 1.82) is 0 Å². The van der Waals surface area contributed by atoms with Gasteiger partial charge < -0.3 is 34.1 Å². The van der Waals surface area contributed by atoms with Gasteiger partial charge in [0, 0.05) is 58.1 Å². The summed E-state index contributed by atoms with van der Waals surface area (Å²) in [5.41, 5.74) is 1.82. The Bertz CT molecular complexity index is 900. The summed E-state index contributed by atoms with van der Waals surface area (Å²) < 4.78 is 0. The Labute approximate surface area is 208 Å². The Kier molecular flexibility index (Phi) is 10.1. The van der Waals surface area contributed by atoms with Gasteiger partial charge in [0.25, 0.3) is 0 Å². The maximum atomic E-state index is 13.5. The number of hydrogen-bond donors (Lipinski definition) is 2. The van der Waals surface area contributed by atoms with E-state index in [0.29, 0.717) is 13.0 Å². The molecule has 7 heteroatoms. The topological polar surface area (TPSA) is 82.5 Å². The van der Waals surface area contributed by atoms with Gasteiger partial charge in [-0.05, 0) is 48.6 Å². The average Bonchev–Trinajstić information content (AvgIpc) is 2.79. The van der Waals surface area contributed by atoms with Crippen LogP contribution in [0.1, 0.15) is 36.4 Å². The maximum absolute atomic E-state index is 13.5. The van der Waals surface area contributed by atoms with E-state index in [1.165, 1.54) is 12.2 Å². The number of phenolic OH excluding ortho intramolecular Hbond substituents is 1. The van der Waals surface area contributed by atoms with Crippen molar-refractivity contribution < 1.29 is 47.4 Å². The van der Waals surface area contributed by atoms with Crippen molar-refractivity contribution in [2.24, 2.45) is 0 Å². The molecule has 0 bridgehead atoms. The number of hydrogen-bond acceptors (Lipinski definition) is 4. The Balaban J connectivity index is 0.00000341. The predicted octanol–water partition coefficient (Wildman–Crippen LogP) is 2.91. The molecule has 1 aromatic carbocycles. The molecule has 6 nitrogen and oxygen atoms in total. The fourth-order valence-electron chi connectivity index (χ4n) is 3.71. The number of aromatic nitrogens is 1.